The summed E-state index contributed by atoms with van der Waals surface area (Å²) in [6.07, 6.45) is -3.91. The highest BCUT2D eigenvalue weighted by atomic mass is 19.4. The lowest BCUT2D eigenvalue weighted by atomic mass is 10.2. The van der Waals surface area contributed by atoms with E-state index in [-0.39, 0.29) is 0 Å². The van der Waals surface area contributed by atoms with E-state index in [1.807, 2.05) is 0 Å². The van der Waals surface area contributed by atoms with Gasteiger partial charge in [0, 0.05) is 18.0 Å². The lowest BCUT2D eigenvalue weighted by Crippen LogP contribution is -2.33. The number of H-pyrrole nitrogens is 1. The van der Waals surface area contributed by atoms with Crippen molar-refractivity contribution in [2.75, 3.05) is 0 Å². The number of alkyl halides is 5. The summed E-state index contributed by atoms with van der Waals surface area (Å²) in [7, 11) is 0. The van der Waals surface area contributed by atoms with Gasteiger partial charge < -0.3 is 4.98 Å². The van der Waals surface area contributed by atoms with Crippen LogP contribution in [0.1, 0.15) is 5.56 Å². The molecule has 0 radical (unpaired) electrons. The highest BCUT2D eigenvalue weighted by Gasteiger charge is 2.58. The van der Waals surface area contributed by atoms with Crippen molar-refractivity contribution < 1.29 is 22.0 Å². The van der Waals surface area contributed by atoms with Gasteiger partial charge in [0.05, 0.1) is 0 Å². The van der Waals surface area contributed by atoms with Crippen molar-refractivity contribution in [2.24, 2.45) is 0 Å². The molecule has 0 amide bonds. The van der Waals surface area contributed by atoms with Crippen molar-refractivity contribution in [3.05, 3.63) is 24.0 Å². The maximum Gasteiger partial charge on any atom is 0.458 e. The molecule has 0 aliphatic carbocycles. The van der Waals surface area contributed by atoms with E-state index in [0.717, 1.165) is 6.20 Å². The Labute approximate surface area is 64.2 Å². The highest BCUT2D eigenvalue weighted by molar-refractivity contribution is 5.17. The largest absolute Gasteiger partial charge is 0.458 e. The van der Waals surface area contributed by atoms with E-state index in [4.69, 9.17) is 0 Å². The van der Waals surface area contributed by atoms with Crippen LogP contribution in [0.3, 0.4) is 0 Å². The first kappa shape index (κ1) is 9.02. The second kappa shape index (κ2) is 2.46. The zero-order chi connectivity index (χ0) is 9.41. The van der Waals surface area contributed by atoms with E-state index in [2.05, 4.69) is 4.98 Å². The number of aromatic nitrogens is 1. The van der Waals surface area contributed by atoms with Crippen LogP contribution < -0.4 is 0 Å². The summed E-state index contributed by atoms with van der Waals surface area (Å²) < 4.78 is 59.6. The van der Waals surface area contributed by atoms with E-state index in [9.17, 15) is 22.0 Å². The lowest BCUT2D eigenvalue weighted by Gasteiger charge is -2.17. The Morgan fingerprint density at radius 2 is 1.67 bits per heavy atom. The van der Waals surface area contributed by atoms with Gasteiger partial charge in [-0.15, -0.1) is 0 Å². The van der Waals surface area contributed by atoms with E-state index < -0.39 is 17.7 Å². The van der Waals surface area contributed by atoms with E-state index in [1.165, 1.54) is 0 Å². The minimum Gasteiger partial charge on any atom is -0.367 e. The van der Waals surface area contributed by atoms with Crippen molar-refractivity contribution in [3.63, 3.8) is 0 Å². The van der Waals surface area contributed by atoms with Crippen molar-refractivity contribution in [1.29, 1.82) is 0 Å². The summed E-state index contributed by atoms with van der Waals surface area (Å²) in [5.41, 5.74) is -1.07. The van der Waals surface area contributed by atoms with Gasteiger partial charge in [-0.3, -0.25) is 0 Å². The summed E-state index contributed by atoms with van der Waals surface area (Å²) in [6, 6.07) is 0.688. The van der Waals surface area contributed by atoms with Crippen LogP contribution in [-0.4, -0.2) is 11.2 Å². The molecule has 68 valence electrons. The SMILES string of the molecule is FC(F)(F)C(F)(F)c1cc[nH]c1. The molecule has 1 rings (SSSR count). The average molecular weight is 185 g/mol. The molecule has 0 unspecified atom stereocenters. The number of halogens is 5. The molecular weight excluding hydrogens is 181 g/mol. The van der Waals surface area contributed by atoms with Crippen molar-refractivity contribution in [1.82, 2.24) is 4.98 Å². The van der Waals surface area contributed by atoms with Gasteiger partial charge in [-0.2, -0.15) is 22.0 Å². The van der Waals surface area contributed by atoms with Crippen molar-refractivity contribution in [3.8, 4) is 0 Å². The van der Waals surface area contributed by atoms with Gasteiger partial charge in [-0.05, 0) is 6.07 Å². The third kappa shape index (κ3) is 1.28. The molecule has 0 aliphatic rings. The van der Waals surface area contributed by atoms with Crippen LogP contribution in [0.25, 0.3) is 0 Å². The zero-order valence-corrected chi connectivity index (χ0v) is 5.62. The summed E-state index contributed by atoms with van der Waals surface area (Å²) in [5.74, 6) is -4.77. The van der Waals surface area contributed by atoms with Gasteiger partial charge in [0.25, 0.3) is 0 Å². The Kier molecular flexibility index (Phi) is 1.85. The summed E-state index contributed by atoms with van der Waals surface area (Å²) in [6.45, 7) is 0. The van der Waals surface area contributed by atoms with Crippen LogP contribution >= 0.6 is 0 Å². The first-order valence-corrected chi connectivity index (χ1v) is 2.93. The number of aromatic amines is 1. The molecule has 1 aromatic heterocycles. The second-order valence-corrected chi connectivity index (χ2v) is 2.17. The predicted molar refractivity (Wildman–Crippen MR) is 30.7 cm³/mol. The fourth-order valence-corrected chi connectivity index (χ4v) is 0.683. The summed E-state index contributed by atoms with van der Waals surface area (Å²) >= 11 is 0. The van der Waals surface area contributed by atoms with E-state index in [1.54, 1.807) is 0 Å². The van der Waals surface area contributed by atoms with Crippen LogP contribution in [0.5, 0.6) is 0 Å². The molecule has 0 atom stereocenters. The van der Waals surface area contributed by atoms with Gasteiger partial charge in [0.1, 0.15) is 0 Å². The van der Waals surface area contributed by atoms with Gasteiger partial charge in [-0.1, -0.05) is 0 Å². The first-order valence-electron chi connectivity index (χ1n) is 2.93. The minimum absolute atomic E-state index is 0.619. The second-order valence-electron chi connectivity index (χ2n) is 2.17. The molecule has 1 aromatic rings. The number of nitrogens with one attached hydrogen (secondary N) is 1. The van der Waals surface area contributed by atoms with Gasteiger partial charge in [-0.25, -0.2) is 0 Å². The zero-order valence-electron chi connectivity index (χ0n) is 5.62. The molecule has 1 nitrogen and oxygen atoms in total. The molecule has 12 heavy (non-hydrogen) atoms. The molecule has 0 saturated carbocycles. The molecule has 0 spiro atoms. The number of rotatable bonds is 1. The standard InChI is InChI=1S/C6H4F5N/c7-5(8,6(9,10)11)4-1-2-12-3-4/h1-3,12H. The Balaban J connectivity index is 3.02. The van der Waals surface area contributed by atoms with Crippen molar-refractivity contribution in [2.45, 2.75) is 12.1 Å². The topological polar surface area (TPSA) is 15.8 Å². The normalized spacial score (nSPS) is 13.4. The first-order chi connectivity index (χ1) is 5.36. The van der Waals surface area contributed by atoms with Crippen molar-refractivity contribution >= 4 is 0 Å². The average Bonchev–Trinajstić information content (AvgIpc) is 2.34. The number of hydrogen-bond acceptors (Lipinski definition) is 0. The molecule has 6 heteroatoms. The molecule has 0 bridgehead atoms. The van der Waals surface area contributed by atoms with Crippen LogP contribution in [0.4, 0.5) is 22.0 Å². The van der Waals surface area contributed by atoms with Gasteiger partial charge >= 0.3 is 12.1 Å². The minimum atomic E-state index is -5.53. The third-order valence-electron chi connectivity index (χ3n) is 1.32. The molecule has 0 saturated heterocycles. The quantitative estimate of drug-likeness (QED) is 0.647. The molecule has 0 aliphatic heterocycles. The summed E-state index contributed by atoms with van der Waals surface area (Å²) in [4.78, 5) is 2.13. The Bertz CT molecular complexity index is 247. The number of hydrogen-bond donors (Lipinski definition) is 1. The molecule has 0 aromatic carbocycles. The Hall–Kier alpha value is -1.07. The smallest absolute Gasteiger partial charge is 0.367 e. The fourth-order valence-electron chi connectivity index (χ4n) is 0.683. The molecule has 0 fully saturated rings. The third-order valence-corrected chi connectivity index (χ3v) is 1.32. The van der Waals surface area contributed by atoms with E-state index >= 15 is 0 Å². The Morgan fingerprint density at radius 1 is 1.08 bits per heavy atom. The maximum atomic E-state index is 12.4. The van der Waals surface area contributed by atoms with Crippen LogP contribution in [0.15, 0.2) is 18.5 Å². The lowest BCUT2D eigenvalue weighted by molar-refractivity contribution is -0.289. The maximum absolute atomic E-state index is 12.4. The van der Waals surface area contributed by atoms with Crippen LogP contribution in [0, 0.1) is 0 Å². The predicted octanol–water partition coefficient (Wildman–Crippen LogP) is 2.67. The summed E-state index contributed by atoms with van der Waals surface area (Å²) in [5, 5.41) is 0. The molecule has 1 N–H and O–H groups in total. The van der Waals surface area contributed by atoms with Gasteiger partial charge in [0.15, 0.2) is 0 Å². The van der Waals surface area contributed by atoms with Crippen LogP contribution in [-0.2, 0) is 5.92 Å². The Morgan fingerprint density at radius 3 is 2.00 bits per heavy atom. The van der Waals surface area contributed by atoms with E-state index in [0.29, 0.717) is 12.3 Å². The molecule has 1 heterocycles. The van der Waals surface area contributed by atoms with Gasteiger partial charge in [0.2, 0.25) is 0 Å². The fraction of sp³-hybridized carbons (Fsp3) is 0.333. The highest BCUT2D eigenvalue weighted by Crippen LogP contribution is 2.43. The molecular formula is C6H4F5N. The van der Waals surface area contributed by atoms with Crippen LogP contribution in [0.2, 0.25) is 0 Å². The monoisotopic (exact) mass is 185 g/mol.